The maximum Gasteiger partial charge on any atom is 0.340 e. The number of nitrogens with zero attached hydrogens (tertiary/aromatic N) is 1. The van der Waals surface area contributed by atoms with Crippen molar-refractivity contribution < 1.29 is 28.7 Å². The summed E-state index contributed by atoms with van der Waals surface area (Å²) in [6.07, 6.45) is 0.759. The molecule has 1 aliphatic heterocycles. The summed E-state index contributed by atoms with van der Waals surface area (Å²) in [5, 5.41) is 11.0. The minimum absolute atomic E-state index is 0.00593. The molecule has 1 aliphatic carbocycles. The molecule has 1 heterocycles. The summed E-state index contributed by atoms with van der Waals surface area (Å²) in [5.41, 5.74) is 6.56. The first-order valence-corrected chi connectivity index (χ1v) is 9.49. The minimum Gasteiger partial charge on any atom is -0.460 e. The Labute approximate surface area is 173 Å². The number of nitro benzene ring substituents is 1. The van der Waals surface area contributed by atoms with Gasteiger partial charge in [-0.2, -0.15) is 0 Å². The molecule has 0 aromatic heterocycles. The molecule has 0 spiro atoms. The number of carbonyl (C=O) groups is 2. The Balaban J connectivity index is 2.08. The van der Waals surface area contributed by atoms with Crippen molar-refractivity contribution in [1.82, 2.24) is 0 Å². The van der Waals surface area contributed by atoms with Gasteiger partial charge < -0.3 is 19.9 Å². The number of hydrogen-bond donors (Lipinski definition) is 1. The van der Waals surface area contributed by atoms with E-state index < -0.39 is 16.8 Å². The van der Waals surface area contributed by atoms with Gasteiger partial charge >= 0.3 is 5.97 Å². The Morgan fingerprint density at radius 1 is 1.27 bits per heavy atom. The number of benzene rings is 1. The second kappa shape index (κ2) is 8.27. The van der Waals surface area contributed by atoms with Gasteiger partial charge in [-0.05, 0) is 11.0 Å². The molecule has 160 valence electrons. The van der Waals surface area contributed by atoms with E-state index in [1.165, 1.54) is 31.4 Å². The number of nitrogens with two attached hydrogens (primary N) is 1. The fourth-order valence-electron chi connectivity index (χ4n) is 3.80. The molecule has 0 amide bonds. The Kier molecular flexibility index (Phi) is 5.93. The van der Waals surface area contributed by atoms with Crippen LogP contribution in [0.4, 0.5) is 5.69 Å². The monoisotopic (exact) mass is 416 g/mol. The first kappa shape index (κ1) is 21.5. The molecular weight excluding hydrogens is 392 g/mol. The summed E-state index contributed by atoms with van der Waals surface area (Å²) in [7, 11) is 1.48. The molecule has 9 nitrogen and oxygen atoms in total. The van der Waals surface area contributed by atoms with Crippen LogP contribution in [0.1, 0.15) is 38.2 Å². The molecule has 0 bridgehead atoms. The fourth-order valence-corrected chi connectivity index (χ4v) is 3.80. The Hall–Kier alpha value is -3.20. The highest BCUT2D eigenvalue weighted by atomic mass is 16.6. The van der Waals surface area contributed by atoms with E-state index in [4.69, 9.17) is 19.9 Å². The number of Topliss-reactive ketones (excluding diaryl/α,β-unsaturated/α-hetero) is 1. The van der Waals surface area contributed by atoms with E-state index in [-0.39, 0.29) is 48.0 Å². The number of ether oxygens (including phenoxy) is 3. The lowest BCUT2D eigenvalue weighted by Gasteiger charge is -2.37. The zero-order valence-electron chi connectivity index (χ0n) is 17.1. The largest absolute Gasteiger partial charge is 0.460 e. The summed E-state index contributed by atoms with van der Waals surface area (Å²) in [4.78, 5) is 36.4. The third-order valence-corrected chi connectivity index (χ3v) is 5.13. The predicted molar refractivity (Wildman–Crippen MR) is 106 cm³/mol. The van der Waals surface area contributed by atoms with Crippen LogP contribution >= 0.6 is 0 Å². The van der Waals surface area contributed by atoms with Crippen molar-refractivity contribution in [3.05, 3.63) is 62.7 Å². The van der Waals surface area contributed by atoms with Crippen LogP contribution in [0.15, 0.2) is 47.1 Å². The van der Waals surface area contributed by atoms with E-state index in [0.29, 0.717) is 23.3 Å². The van der Waals surface area contributed by atoms with Crippen molar-refractivity contribution in [2.24, 2.45) is 11.1 Å². The number of hydrogen-bond acceptors (Lipinski definition) is 8. The van der Waals surface area contributed by atoms with Crippen LogP contribution in [-0.4, -0.2) is 37.0 Å². The lowest BCUT2D eigenvalue weighted by Crippen LogP contribution is -2.35. The Morgan fingerprint density at radius 3 is 2.53 bits per heavy atom. The van der Waals surface area contributed by atoms with E-state index in [9.17, 15) is 19.7 Å². The highest BCUT2D eigenvalue weighted by molar-refractivity contribution is 6.03. The van der Waals surface area contributed by atoms with Crippen molar-refractivity contribution >= 4 is 17.4 Å². The second-order valence-electron chi connectivity index (χ2n) is 8.07. The number of carbonyl (C=O) groups excluding carboxylic acids is 2. The van der Waals surface area contributed by atoms with Crippen LogP contribution in [0.25, 0.3) is 0 Å². The number of non-ortho nitro benzene ring substituents is 1. The van der Waals surface area contributed by atoms with E-state index >= 15 is 0 Å². The van der Waals surface area contributed by atoms with Gasteiger partial charge in [0.15, 0.2) is 5.78 Å². The quantitative estimate of drug-likeness (QED) is 0.324. The smallest absolute Gasteiger partial charge is 0.340 e. The minimum atomic E-state index is -0.826. The molecule has 1 aromatic carbocycles. The number of esters is 1. The standard InChI is InChI=1S/C21H24N2O7/c1-21(2)10-14(24)17-15(11-21)30-19(22)18(20(25)29-9-8-28-3)16(17)12-4-6-13(7-5-12)23(26)27/h4-7,16H,8-11,22H2,1-3H3. The molecule has 3 rings (SSSR count). The predicted octanol–water partition coefficient (Wildman–Crippen LogP) is 2.71. The molecule has 1 unspecified atom stereocenters. The lowest BCUT2D eigenvalue weighted by molar-refractivity contribution is -0.384. The third kappa shape index (κ3) is 4.20. The van der Waals surface area contributed by atoms with Gasteiger partial charge in [0.1, 0.15) is 17.9 Å². The Bertz CT molecular complexity index is 945. The van der Waals surface area contributed by atoms with Gasteiger partial charge in [-0.15, -0.1) is 0 Å². The maximum atomic E-state index is 13.1. The number of allylic oxidation sites excluding steroid dienone is 2. The van der Waals surface area contributed by atoms with E-state index in [1.807, 2.05) is 13.8 Å². The molecule has 1 atom stereocenters. The molecule has 0 saturated heterocycles. The fraction of sp³-hybridized carbons (Fsp3) is 0.429. The summed E-state index contributed by atoms with van der Waals surface area (Å²) < 4.78 is 15.9. The normalized spacial score (nSPS) is 20.5. The molecule has 2 aliphatic rings. The summed E-state index contributed by atoms with van der Waals surface area (Å²) in [6.45, 7) is 4.11. The van der Waals surface area contributed by atoms with E-state index in [1.54, 1.807) is 0 Å². The molecule has 30 heavy (non-hydrogen) atoms. The number of ketones is 1. The van der Waals surface area contributed by atoms with Crippen LogP contribution in [0.5, 0.6) is 0 Å². The van der Waals surface area contributed by atoms with Gasteiger partial charge in [0.2, 0.25) is 5.88 Å². The second-order valence-corrected chi connectivity index (χ2v) is 8.07. The SMILES string of the molecule is COCCOC(=O)C1=C(N)OC2=C(C(=O)CC(C)(C)C2)C1c1ccc([N+](=O)[O-])cc1. The van der Waals surface area contributed by atoms with Crippen LogP contribution in [0, 0.1) is 15.5 Å². The van der Waals surface area contributed by atoms with Gasteiger partial charge in [0.05, 0.1) is 17.4 Å². The van der Waals surface area contributed by atoms with Gasteiger partial charge in [0.25, 0.3) is 5.69 Å². The average molecular weight is 416 g/mol. The maximum absolute atomic E-state index is 13.1. The zero-order valence-corrected chi connectivity index (χ0v) is 17.1. The van der Waals surface area contributed by atoms with E-state index in [2.05, 4.69) is 0 Å². The molecule has 0 radical (unpaired) electrons. The van der Waals surface area contributed by atoms with Gasteiger partial charge in [-0.1, -0.05) is 26.0 Å². The molecule has 0 fully saturated rings. The molecule has 0 saturated carbocycles. The van der Waals surface area contributed by atoms with Crippen LogP contribution in [0.2, 0.25) is 0 Å². The van der Waals surface area contributed by atoms with Gasteiger partial charge in [-0.25, -0.2) is 4.79 Å². The molecule has 1 aromatic rings. The summed E-state index contributed by atoms with van der Waals surface area (Å²) in [6, 6.07) is 5.68. The highest BCUT2D eigenvalue weighted by Crippen LogP contribution is 2.48. The van der Waals surface area contributed by atoms with E-state index in [0.717, 1.165) is 0 Å². The Morgan fingerprint density at radius 2 is 1.93 bits per heavy atom. The topological polar surface area (TPSA) is 131 Å². The van der Waals surface area contributed by atoms with Crippen LogP contribution in [0.3, 0.4) is 0 Å². The van der Waals surface area contributed by atoms with Crippen molar-refractivity contribution in [3.8, 4) is 0 Å². The molecule has 2 N–H and O–H groups in total. The molecule has 9 heteroatoms. The lowest BCUT2D eigenvalue weighted by atomic mass is 9.70. The first-order chi connectivity index (χ1) is 14.1. The van der Waals surface area contributed by atoms with Crippen molar-refractivity contribution in [1.29, 1.82) is 0 Å². The summed E-state index contributed by atoms with van der Waals surface area (Å²) >= 11 is 0. The molecular formula is C21H24N2O7. The highest BCUT2D eigenvalue weighted by Gasteiger charge is 2.45. The zero-order chi connectivity index (χ0) is 22.1. The van der Waals surface area contributed by atoms with Crippen LogP contribution in [-0.2, 0) is 23.8 Å². The average Bonchev–Trinajstić information content (AvgIpc) is 2.66. The number of nitro groups is 1. The van der Waals surface area contributed by atoms with Gasteiger partial charge in [0, 0.05) is 37.7 Å². The van der Waals surface area contributed by atoms with Crippen molar-refractivity contribution in [2.75, 3.05) is 20.3 Å². The number of methoxy groups -OCH3 is 1. The van der Waals surface area contributed by atoms with Crippen molar-refractivity contribution in [2.45, 2.75) is 32.6 Å². The summed E-state index contributed by atoms with van der Waals surface area (Å²) in [5.74, 6) is -1.42. The van der Waals surface area contributed by atoms with Gasteiger partial charge in [-0.3, -0.25) is 14.9 Å². The number of rotatable bonds is 6. The van der Waals surface area contributed by atoms with Crippen LogP contribution < -0.4 is 5.73 Å². The third-order valence-electron chi connectivity index (χ3n) is 5.13. The van der Waals surface area contributed by atoms with Crippen molar-refractivity contribution in [3.63, 3.8) is 0 Å². The first-order valence-electron chi connectivity index (χ1n) is 9.49.